The van der Waals surface area contributed by atoms with Crippen molar-refractivity contribution in [1.29, 1.82) is 0 Å². The standard InChI is InChI=1S/C20H25N3O3S/c1-12(2)13-3-5-14(6-4-13)18-17-19(21-16(24)11-27-18)23(22-20(17)25)15-7-9-26-10-8-15/h3-6,12,15,18H,7-11H2,1-2H3,(H,21,24)(H,22,25)/t18-/m0/s1. The van der Waals surface area contributed by atoms with E-state index < -0.39 is 0 Å². The first-order valence-electron chi connectivity index (χ1n) is 9.48. The van der Waals surface area contributed by atoms with Gasteiger partial charge in [0.1, 0.15) is 5.82 Å². The normalized spacial score (nSPS) is 21.0. The average molecular weight is 388 g/mol. The first kappa shape index (κ1) is 18.4. The van der Waals surface area contributed by atoms with Crippen LogP contribution in [0.2, 0.25) is 0 Å². The number of aromatic nitrogens is 2. The number of anilines is 1. The molecule has 27 heavy (non-hydrogen) atoms. The van der Waals surface area contributed by atoms with E-state index in [1.807, 2.05) is 4.68 Å². The number of rotatable bonds is 3. The molecule has 3 heterocycles. The number of amides is 1. The Morgan fingerprint density at radius 3 is 2.52 bits per heavy atom. The molecule has 0 saturated carbocycles. The summed E-state index contributed by atoms with van der Waals surface area (Å²) in [6, 6.07) is 8.53. The summed E-state index contributed by atoms with van der Waals surface area (Å²) in [6.07, 6.45) is 1.65. The molecule has 2 aliphatic heterocycles. The quantitative estimate of drug-likeness (QED) is 0.846. The van der Waals surface area contributed by atoms with Gasteiger partial charge in [-0.25, -0.2) is 0 Å². The SMILES string of the molecule is CC(C)c1ccc([C@@H]2SCC(=O)Nc3c2c(=O)[nH]n3C2CCOCC2)cc1. The van der Waals surface area contributed by atoms with Crippen molar-refractivity contribution in [3.63, 3.8) is 0 Å². The Morgan fingerprint density at radius 1 is 1.15 bits per heavy atom. The molecule has 7 heteroatoms. The summed E-state index contributed by atoms with van der Waals surface area (Å²) in [5, 5.41) is 5.79. The zero-order valence-electron chi connectivity index (χ0n) is 15.7. The lowest BCUT2D eigenvalue weighted by molar-refractivity contribution is -0.113. The molecule has 1 fully saturated rings. The fourth-order valence-corrected chi connectivity index (χ4v) is 4.91. The number of ether oxygens (including phenoxy) is 1. The maximum atomic E-state index is 12.9. The molecular weight excluding hydrogens is 362 g/mol. The molecule has 0 unspecified atom stereocenters. The molecule has 0 radical (unpaired) electrons. The van der Waals surface area contributed by atoms with Gasteiger partial charge in [-0.2, -0.15) is 0 Å². The van der Waals surface area contributed by atoms with Crippen LogP contribution in [0.3, 0.4) is 0 Å². The maximum absolute atomic E-state index is 12.9. The van der Waals surface area contributed by atoms with Gasteiger partial charge in [-0.05, 0) is 29.9 Å². The Morgan fingerprint density at radius 2 is 1.85 bits per heavy atom. The van der Waals surface area contributed by atoms with Gasteiger partial charge >= 0.3 is 0 Å². The minimum atomic E-state index is -0.162. The fourth-order valence-electron chi connectivity index (χ4n) is 3.78. The van der Waals surface area contributed by atoms with E-state index in [9.17, 15) is 9.59 Å². The van der Waals surface area contributed by atoms with Crippen molar-refractivity contribution < 1.29 is 9.53 Å². The molecule has 1 amide bonds. The van der Waals surface area contributed by atoms with E-state index in [0.717, 1.165) is 18.4 Å². The molecular formula is C20H25N3O3S. The molecule has 1 saturated heterocycles. The van der Waals surface area contributed by atoms with Crippen molar-refractivity contribution in [2.75, 3.05) is 24.3 Å². The van der Waals surface area contributed by atoms with Crippen LogP contribution >= 0.6 is 11.8 Å². The highest BCUT2D eigenvalue weighted by Crippen LogP contribution is 2.41. The minimum absolute atomic E-state index is 0.0673. The number of nitrogens with zero attached hydrogens (tertiary/aromatic N) is 1. The molecule has 1 aromatic carbocycles. The number of thioether (sulfide) groups is 1. The Hall–Kier alpha value is -1.99. The van der Waals surface area contributed by atoms with Crippen LogP contribution in [-0.2, 0) is 9.53 Å². The second kappa shape index (κ2) is 7.56. The molecule has 0 spiro atoms. The van der Waals surface area contributed by atoms with Crippen LogP contribution in [0.4, 0.5) is 5.82 Å². The van der Waals surface area contributed by atoms with Gasteiger partial charge in [0.2, 0.25) is 5.91 Å². The van der Waals surface area contributed by atoms with Crippen molar-refractivity contribution >= 4 is 23.5 Å². The van der Waals surface area contributed by atoms with E-state index >= 15 is 0 Å². The van der Waals surface area contributed by atoms with Crippen molar-refractivity contribution in [2.24, 2.45) is 0 Å². The lowest BCUT2D eigenvalue weighted by Gasteiger charge is -2.25. The summed E-state index contributed by atoms with van der Waals surface area (Å²) >= 11 is 1.51. The number of H-pyrrole nitrogens is 1. The highest BCUT2D eigenvalue weighted by atomic mass is 32.2. The molecule has 1 atom stereocenters. The third kappa shape index (κ3) is 3.58. The summed E-state index contributed by atoms with van der Waals surface area (Å²) < 4.78 is 7.30. The largest absolute Gasteiger partial charge is 0.381 e. The number of carbonyl (C=O) groups excluding carboxylic acids is 1. The molecule has 144 valence electrons. The number of carbonyl (C=O) groups is 1. The Kier molecular flexibility index (Phi) is 5.14. The van der Waals surface area contributed by atoms with E-state index in [1.165, 1.54) is 17.3 Å². The molecule has 2 aliphatic rings. The summed E-state index contributed by atoms with van der Waals surface area (Å²) in [5.41, 5.74) is 2.84. The second-order valence-electron chi connectivity index (χ2n) is 7.48. The zero-order chi connectivity index (χ0) is 19.0. The van der Waals surface area contributed by atoms with Gasteiger partial charge in [-0.3, -0.25) is 19.4 Å². The monoisotopic (exact) mass is 387 g/mol. The van der Waals surface area contributed by atoms with Gasteiger partial charge in [-0.15, -0.1) is 11.8 Å². The molecule has 2 aromatic rings. The third-order valence-corrected chi connectivity index (χ3v) is 6.60. The molecule has 0 bridgehead atoms. The van der Waals surface area contributed by atoms with E-state index in [2.05, 4.69) is 48.5 Å². The van der Waals surface area contributed by atoms with Crippen molar-refractivity contribution in [2.45, 2.75) is 43.9 Å². The first-order chi connectivity index (χ1) is 13.0. The van der Waals surface area contributed by atoms with E-state index in [1.54, 1.807) is 0 Å². The molecule has 4 rings (SSSR count). The molecule has 1 aromatic heterocycles. The van der Waals surface area contributed by atoms with Crippen LogP contribution in [0.5, 0.6) is 0 Å². The van der Waals surface area contributed by atoms with E-state index in [-0.39, 0.29) is 22.8 Å². The minimum Gasteiger partial charge on any atom is -0.381 e. The number of aromatic amines is 1. The number of hydrogen-bond acceptors (Lipinski definition) is 4. The Balaban J connectivity index is 1.76. The van der Waals surface area contributed by atoms with Gasteiger partial charge in [-0.1, -0.05) is 38.1 Å². The van der Waals surface area contributed by atoms with Crippen LogP contribution in [-0.4, -0.2) is 34.7 Å². The predicted molar refractivity (Wildman–Crippen MR) is 108 cm³/mol. The number of nitrogens with one attached hydrogen (secondary N) is 2. The van der Waals surface area contributed by atoms with Crippen LogP contribution in [0.1, 0.15) is 60.6 Å². The summed E-state index contributed by atoms with van der Waals surface area (Å²) in [5.74, 6) is 1.35. The number of hydrogen-bond donors (Lipinski definition) is 2. The second-order valence-corrected chi connectivity index (χ2v) is 8.57. The van der Waals surface area contributed by atoms with Gasteiger partial charge < -0.3 is 10.1 Å². The highest BCUT2D eigenvalue weighted by molar-refractivity contribution is 8.00. The van der Waals surface area contributed by atoms with Crippen LogP contribution in [0.15, 0.2) is 29.1 Å². The topological polar surface area (TPSA) is 76.1 Å². The van der Waals surface area contributed by atoms with Gasteiger partial charge in [0.05, 0.1) is 22.6 Å². The third-order valence-electron chi connectivity index (χ3n) is 5.33. The number of benzene rings is 1. The predicted octanol–water partition coefficient (Wildman–Crippen LogP) is 3.43. The van der Waals surface area contributed by atoms with Gasteiger partial charge in [0.25, 0.3) is 5.56 Å². The lowest BCUT2D eigenvalue weighted by atomic mass is 9.99. The molecule has 6 nitrogen and oxygen atoms in total. The van der Waals surface area contributed by atoms with Crippen molar-refractivity contribution in [3.8, 4) is 0 Å². The average Bonchev–Trinajstić information content (AvgIpc) is 2.88. The van der Waals surface area contributed by atoms with Crippen molar-refractivity contribution in [1.82, 2.24) is 9.78 Å². The lowest BCUT2D eigenvalue weighted by Crippen LogP contribution is -2.24. The van der Waals surface area contributed by atoms with Crippen molar-refractivity contribution in [3.05, 3.63) is 51.3 Å². The maximum Gasteiger partial charge on any atom is 0.270 e. The zero-order valence-corrected chi connectivity index (χ0v) is 16.5. The summed E-state index contributed by atoms with van der Waals surface area (Å²) in [6.45, 7) is 5.66. The smallest absolute Gasteiger partial charge is 0.270 e. The Labute approximate surface area is 162 Å². The fraction of sp³-hybridized carbons (Fsp3) is 0.500. The Bertz CT molecular complexity index is 879. The van der Waals surface area contributed by atoms with Gasteiger partial charge in [0, 0.05) is 13.2 Å². The van der Waals surface area contributed by atoms with Crippen LogP contribution in [0.25, 0.3) is 0 Å². The van der Waals surface area contributed by atoms with E-state index in [4.69, 9.17) is 4.74 Å². The molecule has 0 aliphatic carbocycles. The van der Waals surface area contributed by atoms with E-state index in [0.29, 0.717) is 36.3 Å². The first-order valence-corrected chi connectivity index (χ1v) is 10.5. The molecule has 2 N–H and O–H groups in total. The highest BCUT2D eigenvalue weighted by Gasteiger charge is 2.32. The van der Waals surface area contributed by atoms with Gasteiger partial charge in [0.15, 0.2) is 0 Å². The number of fused-ring (bicyclic) bond motifs is 1. The van der Waals surface area contributed by atoms with Crippen LogP contribution in [0, 0.1) is 0 Å². The van der Waals surface area contributed by atoms with Crippen LogP contribution < -0.4 is 10.9 Å². The summed E-state index contributed by atoms with van der Waals surface area (Å²) in [7, 11) is 0. The summed E-state index contributed by atoms with van der Waals surface area (Å²) in [4.78, 5) is 25.2.